The van der Waals surface area contributed by atoms with Gasteiger partial charge in [0.25, 0.3) is 5.91 Å². The number of amides is 1. The first-order chi connectivity index (χ1) is 12.0. The van der Waals surface area contributed by atoms with Gasteiger partial charge in [-0.1, -0.05) is 30.3 Å². The Morgan fingerprint density at radius 1 is 1.20 bits per heavy atom. The van der Waals surface area contributed by atoms with Gasteiger partial charge in [-0.3, -0.25) is 9.48 Å². The topological polar surface area (TPSA) is 82.4 Å². The molecule has 7 heteroatoms. The number of esters is 1. The molecule has 0 unspecified atom stereocenters. The van der Waals surface area contributed by atoms with Crippen molar-refractivity contribution < 1.29 is 19.1 Å². The fourth-order valence-corrected chi connectivity index (χ4v) is 2.45. The van der Waals surface area contributed by atoms with Gasteiger partial charge in [0.2, 0.25) is 0 Å². The molecule has 25 heavy (non-hydrogen) atoms. The number of carbonyl (C=O) groups is 2. The zero-order valence-corrected chi connectivity index (χ0v) is 14.7. The van der Waals surface area contributed by atoms with E-state index in [1.807, 2.05) is 37.3 Å². The highest BCUT2D eigenvalue weighted by atomic mass is 16.5. The fraction of sp³-hybridized carbons (Fsp3) is 0.389. The molecular weight excluding hydrogens is 322 g/mol. The van der Waals surface area contributed by atoms with Gasteiger partial charge in [0.15, 0.2) is 6.61 Å². The van der Waals surface area contributed by atoms with E-state index in [4.69, 9.17) is 9.47 Å². The molecule has 1 aromatic heterocycles. The molecule has 0 aliphatic heterocycles. The summed E-state index contributed by atoms with van der Waals surface area (Å²) in [4.78, 5) is 23.9. The smallest absolute Gasteiger partial charge is 0.342 e. The van der Waals surface area contributed by atoms with Gasteiger partial charge in [-0.05, 0) is 19.4 Å². The summed E-state index contributed by atoms with van der Waals surface area (Å²) in [5.74, 6) is -0.909. The Morgan fingerprint density at radius 2 is 1.92 bits per heavy atom. The van der Waals surface area contributed by atoms with E-state index in [9.17, 15) is 9.59 Å². The number of nitrogens with zero attached hydrogens (tertiary/aromatic N) is 2. The summed E-state index contributed by atoms with van der Waals surface area (Å²) in [6.45, 7) is 4.59. The predicted octanol–water partition coefficient (Wildman–Crippen LogP) is 1.47. The van der Waals surface area contributed by atoms with Crippen molar-refractivity contribution in [2.75, 3.05) is 26.9 Å². The third-order valence-electron chi connectivity index (χ3n) is 3.72. The Bertz CT molecular complexity index is 725. The average Bonchev–Trinajstić information content (AvgIpc) is 2.87. The van der Waals surface area contributed by atoms with Crippen molar-refractivity contribution in [3.05, 3.63) is 52.8 Å². The third kappa shape index (κ3) is 5.15. The molecule has 1 aromatic carbocycles. The SMILES string of the molecule is COCCNC(=O)COC(=O)c1c(C)nn(Cc2ccccc2)c1C. The second-order valence-electron chi connectivity index (χ2n) is 5.61. The Balaban J connectivity index is 1.99. The quantitative estimate of drug-likeness (QED) is 0.579. The second-order valence-corrected chi connectivity index (χ2v) is 5.61. The lowest BCUT2D eigenvalue weighted by molar-refractivity contribution is -0.124. The van der Waals surface area contributed by atoms with E-state index >= 15 is 0 Å². The van der Waals surface area contributed by atoms with Crippen molar-refractivity contribution in [1.82, 2.24) is 15.1 Å². The van der Waals surface area contributed by atoms with Gasteiger partial charge in [-0.25, -0.2) is 4.79 Å². The van der Waals surface area contributed by atoms with Crippen LogP contribution in [0, 0.1) is 13.8 Å². The molecule has 2 aromatic rings. The minimum absolute atomic E-state index is 0.328. The highest BCUT2D eigenvalue weighted by Gasteiger charge is 2.20. The second kappa shape index (κ2) is 8.98. The molecule has 1 amide bonds. The van der Waals surface area contributed by atoms with Gasteiger partial charge < -0.3 is 14.8 Å². The number of methoxy groups -OCH3 is 1. The van der Waals surface area contributed by atoms with Crippen molar-refractivity contribution >= 4 is 11.9 Å². The van der Waals surface area contributed by atoms with Crippen LogP contribution in [0.15, 0.2) is 30.3 Å². The van der Waals surface area contributed by atoms with E-state index in [1.54, 1.807) is 18.7 Å². The highest BCUT2D eigenvalue weighted by molar-refractivity contribution is 5.93. The molecule has 0 aliphatic carbocycles. The minimum Gasteiger partial charge on any atom is -0.452 e. The van der Waals surface area contributed by atoms with Crippen LogP contribution in [-0.2, 0) is 20.8 Å². The minimum atomic E-state index is -0.545. The molecule has 1 heterocycles. The Morgan fingerprint density at radius 3 is 2.60 bits per heavy atom. The molecule has 7 nitrogen and oxygen atoms in total. The van der Waals surface area contributed by atoms with Crippen LogP contribution in [0.2, 0.25) is 0 Å². The van der Waals surface area contributed by atoms with Crippen LogP contribution < -0.4 is 5.32 Å². The largest absolute Gasteiger partial charge is 0.452 e. The van der Waals surface area contributed by atoms with E-state index < -0.39 is 5.97 Å². The first-order valence-electron chi connectivity index (χ1n) is 8.03. The first-order valence-corrected chi connectivity index (χ1v) is 8.03. The number of hydrogen-bond acceptors (Lipinski definition) is 5. The number of ether oxygens (including phenoxy) is 2. The van der Waals surface area contributed by atoms with Gasteiger partial charge >= 0.3 is 5.97 Å². The van der Waals surface area contributed by atoms with Gasteiger partial charge in [0.05, 0.1) is 24.5 Å². The van der Waals surface area contributed by atoms with Crippen LogP contribution in [0.1, 0.15) is 27.3 Å². The standard InChI is InChI=1S/C18H23N3O4/c1-13-17(18(23)25-12-16(22)19-9-10-24-3)14(2)21(20-13)11-15-7-5-4-6-8-15/h4-8H,9-12H2,1-3H3,(H,19,22). The lowest BCUT2D eigenvalue weighted by Gasteiger charge is -2.07. The van der Waals surface area contributed by atoms with E-state index in [0.717, 1.165) is 5.56 Å². The average molecular weight is 345 g/mol. The molecular formula is C18H23N3O4. The molecule has 0 spiro atoms. The van der Waals surface area contributed by atoms with Crippen molar-refractivity contribution in [2.24, 2.45) is 0 Å². The summed E-state index contributed by atoms with van der Waals surface area (Å²) >= 11 is 0. The van der Waals surface area contributed by atoms with Crippen LogP contribution in [0.25, 0.3) is 0 Å². The van der Waals surface area contributed by atoms with E-state index in [-0.39, 0.29) is 12.5 Å². The normalized spacial score (nSPS) is 10.5. The number of hydrogen-bond donors (Lipinski definition) is 1. The lowest BCUT2D eigenvalue weighted by atomic mass is 10.2. The highest BCUT2D eigenvalue weighted by Crippen LogP contribution is 2.16. The number of carbonyl (C=O) groups excluding carboxylic acids is 2. The summed E-state index contributed by atoms with van der Waals surface area (Å²) in [5.41, 5.74) is 2.79. The maximum Gasteiger partial charge on any atom is 0.342 e. The zero-order chi connectivity index (χ0) is 18.2. The Kier molecular flexibility index (Phi) is 6.71. The number of nitrogens with one attached hydrogen (secondary N) is 1. The molecule has 0 atom stereocenters. The van der Waals surface area contributed by atoms with Crippen LogP contribution in [0.3, 0.4) is 0 Å². The predicted molar refractivity (Wildman–Crippen MR) is 92.4 cm³/mol. The molecule has 0 saturated heterocycles. The summed E-state index contributed by atoms with van der Waals surface area (Å²) in [6, 6.07) is 9.86. The number of aryl methyl sites for hydroxylation is 1. The summed E-state index contributed by atoms with van der Waals surface area (Å²) in [7, 11) is 1.55. The molecule has 0 radical (unpaired) electrons. The summed E-state index contributed by atoms with van der Waals surface area (Å²) < 4.78 is 11.7. The maximum atomic E-state index is 12.3. The van der Waals surface area contributed by atoms with Gasteiger partial charge in [-0.2, -0.15) is 5.10 Å². The molecule has 0 aliphatic rings. The van der Waals surface area contributed by atoms with Crippen LogP contribution in [0.5, 0.6) is 0 Å². The van der Waals surface area contributed by atoms with Crippen molar-refractivity contribution in [3.63, 3.8) is 0 Å². The van der Waals surface area contributed by atoms with Crippen LogP contribution in [-0.4, -0.2) is 48.5 Å². The number of benzene rings is 1. The fourth-order valence-electron chi connectivity index (χ4n) is 2.45. The zero-order valence-electron chi connectivity index (χ0n) is 14.7. The molecule has 0 bridgehead atoms. The molecule has 0 saturated carbocycles. The molecule has 134 valence electrons. The van der Waals surface area contributed by atoms with E-state index in [2.05, 4.69) is 10.4 Å². The van der Waals surface area contributed by atoms with Crippen molar-refractivity contribution in [3.8, 4) is 0 Å². The van der Waals surface area contributed by atoms with Gasteiger partial charge in [0.1, 0.15) is 5.56 Å². The van der Waals surface area contributed by atoms with Gasteiger partial charge in [0, 0.05) is 13.7 Å². The summed E-state index contributed by atoms with van der Waals surface area (Å²) in [6.07, 6.45) is 0. The molecule has 1 N–H and O–H groups in total. The van der Waals surface area contributed by atoms with Gasteiger partial charge in [-0.15, -0.1) is 0 Å². The van der Waals surface area contributed by atoms with Crippen molar-refractivity contribution in [1.29, 1.82) is 0 Å². The number of rotatable bonds is 8. The van der Waals surface area contributed by atoms with Crippen molar-refractivity contribution in [2.45, 2.75) is 20.4 Å². The molecule has 2 rings (SSSR count). The summed E-state index contributed by atoms with van der Waals surface area (Å²) in [5, 5.41) is 7.01. The third-order valence-corrected chi connectivity index (χ3v) is 3.72. The Labute approximate surface area is 146 Å². The monoisotopic (exact) mass is 345 g/mol. The van der Waals surface area contributed by atoms with Crippen LogP contribution in [0.4, 0.5) is 0 Å². The first kappa shape index (κ1) is 18.7. The Hall–Kier alpha value is -2.67. The maximum absolute atomic E-state index is 12.3. The van der Waals surface area contributed by atoms with E-state index in [1.165, 1.54) is 0 Å². The molecule has 0 fully saturated rings. The lowest BCUT2D eigenvalue weighted by Crippen LogP contribution is -2.31. The van der Waals surface area contributed by atoms with E-state index in [0.29, 0.717) is 36.6 Å². The van der Waals surface area contributed by atoms with Crippen LogP contribution >= 0.6 is 0 Å². The number of aromatic nitrogens is 2.